The van der Waals surface area contributed by atoms with Crippen LogP contribution in [-0.4, -0.2) is 6.36 Å². The molecule has 1 rings (SSSR count). The average molecular weight is 176 g/mol. The van der Waals surface area contributed by atoms with Gasteiger partial charge >= 0.3 is 6.36 Å². The van der Waals surface area contributed by atoms with Crippen LogP contribution < -0.4 is 4.74 Å². The van der Waals surface area contributed by atoms with Crippen molar-refractivity contribution in [2.24, 2.45) is 0 Å². The van der Waals surface area contributed by atoms with E-state index in [1.807, 2.05) is 0 Å². The zero-order valence-electron chi connectivity index (χ0n) is 6.35. The standard InChI is InChI=1S/C8H7F3O/c1-6-2-4-7(5-3-6)12-8(9,10)11/h2-5H,1H3. The Morgan fingerprint density at radius 1 is 1.08 bits per heavy atom. The molecule has 0 aliphatic heterocycles. The molecular weight excluding hydrogens is 169 g/mol. The molecular formula is C8H7F3O. The Bertz CT molecular complexity index is 250. The van der Waals surface area contributed by atoms with Gasteiger partial charge in [-0.1, -0.05) is 17.7 Å². The molecule has 0 amide bonds. The Labute approximate surface area is 67.8 Å². The van der Waals surface area contributed by atoms with E-state index in [4.69, 9.17) is 0 Å². The smallest absolute Gasteiger partial charge is 0.406 e. The molecule has 0 aliphatic rings. The van der Waals surface area contributed by atoms with E-state index in [0.29, 0.717) is 0 Å². The molecule has 66 valence electrons. The van der Waals surface area contributed by atoms with E-state index >= 15 is 0 Å². The van der Waals surface area contributed by atoms with Crippen molar-refractivity contribution in [2.45, 2.75) is 13.3 Å². The Kier molecular flexibility index (Phi) is 2.26. The van der Waals surface area contributed by atoms with Gasteiger partial charge in [0.1, 0.15) is 5.75 Å². The van der Waals surface area contributed by atoms with Crippen LogP contribution in [0.15, 0.2) is 24.3 Å². The molecule has 1 aromatic carbocycles. The monoisotopic (exact) mass is 176 g/mol. The predicted molar refractivity (Wildman–Crippen MR) is 37.9 cm³/mol. The van der Waals surface area contributed by atoms with Crippen LogP contribution in [0, 0.1) is 6.92 Å². The molecule has 0 aromatic heterocycles. The highest BCUT2D eigenvalue weighted by molar-refractivity contribution is 5.26. The van der Waals surface area contributed by atoms with E-state index in [1.165, 1.54) is 12.1 Å². The van der Waals surface area contributed by atoms with Crippen LogP contribution in [0.5, 0.6) is 5.75 Å². The van der Waals surface area contributed by atoms with E-state index in [0.717, 1.165) is 5.56 Å². The van der Waals surface area contributed by atoms with Crippen LogP contribution in [0.2, 0.25) is 0 Å². The maximum Gasteiger partial charge on any atom is 0.573 e. The number of ether oxygens (including phenoxy) is 1. The first-order valence-electron chi connectivity index (χ1n) is 3.30. The van der Waals surface area contributed by atoms with Gasteiger partial charge in [-0.25, -0.2) is 0 Å². The van der Waals surface area contributed by atoms with E-state index in [1.54, 1.807) is 19.1 Å². The number of alkyl halides is 3. The lowest BCUT2D eigenvalue weighted by Gasteiger charge is -2.08. The van der Waals surface area contributed by atoms with Crippen molar-refractivity contribution in [2.75, 3.05) is 0 Å². The van der Waals surface area contributed by atoms with Crippen LogP contribution in [0.25, 0.3) is 0 Å². The number of hydrogen-bond donors (Lipinski definition) is 0. The molecule has 0 unspecified atom stereocenters. The fourth-order valence-electron chi connectivity index (χ4n) is 0.740. The minimum atomic E-state index is -4.60. The van der Waals surface area contributed by atoms with Crippen molar-refractivity contribution in [1.29, 1.82) is 0 Å². The number of aryl methyl sites for hydroxylation is 1. The van der Waals surface area contributed by atoms with Gasteiger partial charge in [-0.05, 0) is 19.1 Å². The maximum absolute atomic E-state index is 11.6. The van der Waals surface area contributed by atoms with Crippen LogP contribution in [0.1, 0.15) is 5.56 Å². The fraction of sp³-hybridized carbons (Fsp3) is 0.250. The molecule has 0 spiro atoms. The van der Waals surface area contributed by atoms with Crippen LogP contribution in [-0.2, 0) is 0 Å². The summed E-state index contributed by atoms with van der Waals surface area (Å²) in [6.07, 6.45) is -4.60. The quantitative estimate of drug-likeness (QED) is 0.639. The minimum Gasteiger partial charge on any atom is -0.406 e. The fourth-order valence-corrected chi connectivity index (χ4v) is 0.740. The van der Waals surface area contributed by atoms with Crippen LogP contribution in [0.4, 0.5) is 13.2 Å². The first kappa shape index (κ1) is 8.90. The van der Waals surface area contributed by atoms with Gasteiger partial charge in [-0.15, -0.1) is 13.2 Å². The van der Waals surface area contributed by atoms with E-state index in [-0.39, 0.29) is 5.75 Å². The number of halogens is 3. The van der Waals surface area contributed by atoms with Crippen molar-refractivity contribution in [1.82, 2.24) is 0 Å². The molecule has 0 saturated heterocycles. The Balaban J connectivity index is 2.71. The lowest BCUT2D eigenvalue weighted by molar-refractivity contribution is -0.274. The summed E-state index contributed by atoms with van der Waals surface area (Å²) < 4.78 is 38.5. The molecule has 0 radical (unpaired) electrons. The molecule has 12 heavy (non-hydrogen) atoms. The summed E-state index contributed by atoms with van der Waals surface area (Å²) in [6.45, 7) is 1.79. The van der Waals surface area contributed by atoms with Gasteiger partial charge in [0.25, 0.3) is 0 Å². The van der Waals surface area contributed by atoms with Gasteiger partial charge in [-0.2, -0.15) is 0 Å². The van der Waals surface area contributed by atoms with Crippen LogP contribution >= 0.6 is 0 Å². The first-order chi connectivity index (χ1) is 5.47. The molecule has 0 bridgehead atoms. The topological polar surface area (TPSA) is 9.23 Å². The van der Waals surface area contributed by atoms with Crippen molar-refractivity contribution in [3.8, 4) is 5.75 Å². The summed E-state index contributed by atoms with van der Waals surface area (Å²) in [5.41, 5.74) is 0.893. The van der Waals surface area contributed by atoms with Crippen molar-refractivity contribution < 1.29 is 17.9 Å². The van der Waals surface area contributed by atoms with Crippen molar-refractivity contribution in [3.05, 3.63) is 29.8 Å². The molecule has 0 N–H and O–H groups in total. The molecule has 1 aromatic rings. The minimum absolute atomic E-state index is 0.187. The van der Waals surface area contributed by atoms with E-state index < -0.39 is 6.36 Å². The second-order valence-electron chi connectivity index (χ2n) is 2.36. The number of benzene rings is 1. The lowest BCUT2D eigenvalue weighted by atomic mass is 10.2. The highest BCUT2D eigenvalue weighted by atomic mass is 19.4. The van der Waals surface area contributed by atoms with Gasteiger partial charge in [-0.3, -0.25) is 0 Å². The Morgan fingerprint density at radius 2 is 1.58 bits per heavy atom. The summed E-state index contributed by atoms with van der Waals surface area (Å²) in [5.74, 6) is -0.187. The third-order valence-electron chi connectivity index (χ3n) is 1.25. The number of rotatable bonds is 1. The second kappa shape index (κ2) is 3.05. The summed E-state index contributed by atoms with van der Waals surface area (Å²) >= 11 is 0. The summed E-state index contributed by atoms with van der Waals surface area (Å²) in [5, 5.41) is 0. The Morgan fingerprint density at radius 3 is 2.00 bits per heavy atom. The van der Waals surface area contributed by atoms with Gasteiger partial charge in [0.05, 0.1) is 0 Å². The zero-order valence-corrected chi connectivity index (χ0v) is 6.35. The lowest BCUT2D eigenvalue weighted by Crippen LogP contribution is -2.16. The molecule has 1 nitrogen and oxygen atoms in total. The maximum atomic E-state index is 11.6. The molecule has 0 heterocycles. The second-order valence-corrected chi connectivity index (χ2v) is 2.36. The molecule has 0 saturated carbocycles. The van der Waals surface area contributed by atoms with Crippen LogP contribution in [0.3, 0.4) is 0 Å². The molecule has 4 heteroatoms. The number of hydrogen-bond acceptors (Lipinski definition) is 1. The average Bonchev–Trinajstić information content (AvgIpc) is 1.91. The molecule has 0 atom stereocenters. The van der Waals surface area contributed by atoms with Gasteiger partial charge < -0.3 is 4.74 Å². The summed E-state index contributed by atoms with van der Waals surface area (Å²) in [6, 6.07) is 5.67. The zero-order chi connectivity index (χ0) is 9.19. The largest absolute Gasteiger partial charge is 0.573 e. The molecule has 0 aliphatic carbocycles. The van der Waals surface area contributed by atoms with E-state index in [9.17, 15) is 13.2 Å². The SMILES string of the molecule is Cc1ccc(OC(F)(F)F)cc1. The van der Waals surface area contributed by atoms with Gasteiger partial charge in [0.2, 0.25) is 0 Å². The summed E-state index contributed by atoms with van der Waals surface area (Å²) in [4.78, 5) is 0. The highest BCUT2D eigenvalue weighted by Crippen LogP contribution is 2.22. The van der Waals surface area contributed by atoms with E-state index in [2.05, 4.69) is 4.74 Å². The highest BCUT2D eigenvalue weighted by Gasteiger charge is 2.30. The first-order valence-corrected chi connectivity index (χ1v) is 3.30. The third kappa shape index (κ3) is 2.82. The molecule has 0 fully saturated rings. The normalized spacial score (nSPS) is 11.3. The predicted octanol–water partition coefficient (Wildman–Crippen LogP) is 2.89. The van der Waals surface area contributed by atoms with Crippen molar-refractivity contribution >= 4 is 0 Å². The third-order valence-corrected chi connectivity index (χ3v) is 1.25. The van der Waals surface area contributed by atoms with Gasteiger partial charge in [0, 0.05) is 0 Å². The summed E-state index contributed by atoms with van der Waals surface area (Å²) in [7, 11) is 0. The van der Waals surface area contributed by atoms with Gasteiger partial charge in [0.15, 0.2) is 0 Å². The Hall–Kier alpha value is -1.19. The van der Waals surface area contributed by atoms with Crippen molar-refractivity contribution in [3.63, 3.8) is 0 Å².